The Morgan fingerprint density at radius 2 is 1.05 bits per heavy atom. The molecule has 0 saturated carbocycles. The molecular weight excluding hydrogens is 705 g/mol. The van der Waals surface area contributed by atoms with E-state index < -0.39 is 8.07 Å². The van der Waals surface area contributed by atoms with Crippen LogP contribution in [0.3, 0.4) is 0 Å². The molecule has 3 nitrogen and oxygen atoms in total. The van der Waals surface area contributed by atoms with Gasteiger partial charge in [-0.1, -0.05) is 152 Å². The van der Waals surface area contributed by atoms with Crippen molar-refractivity contribution in [2.75, 3.05) is 0 Å². The van der Waals surface area contributed by atoms with Crippen LogP contribution in [0.15, 0.2) is 194 Å². The molecule has 0 fully saturated rings. The van der Waals surface area contributed by atoms with E-state index in [1.54, 1.807) is 0 Å². The van der Waals surface area contributed by atoms with E-state index >= 15 is 0 Å². The van der Waals surface area contributed by atoms with Crippen LogP contribution in [0.25, 0.3) is 59.1 Å². The minimum absolute atomic E-state index is 0.454. The monoisotopic (exact) mass is 738 g/mol. The zero-order valence-electron chi connectivity index (χ0n) is 29.9. The van der Waals surface area contributed by atoms with Crippen LogP contribution in [0.5, 0.6) is 5.75 Å². The molecule has 0 spiro atoms. The number of hydrogen-bond acceptors (Lipinski definition) is 3. The molecule has 0 unspecified atom stereocenters. The summed E-state index contributed by atoms with van der Waals surface area (Å²) in [6.07, 6.45) is 0. The molecule has 0 bridgehead atoms. The number of benzene rings is 8. The molecule has 55 heavy (non-hydrogen) atoms. The standard InChI is InChI=1S/C50H34N2OSSi/c1-3-15-38(16-4-1)55(39-17-5-2-6-18-39,40-19-11-13-34(29-40)36-26-28-49-43(31-36)42-21-7-10-24-48(42)54-49)41-20-12-14-35(30-41)37-25-27-47-46(32-37)52-45-23-9-8-22-44(45)51-50(52)33-53-47/h1-32H,33H2. The van der Waals surface area contributed by atoms with E-state index in [2.05, 4.69) is 193 Å². The molecule has 5 heteroatoms. The van der Waals surface area contributed by atoms with Gasteiger partial charge < -0.3 is 4.74 Å². The number of rotatable bonds is 6. The van der Waals surface area contributed by atoms with Gasteiger partial charge in [0.2, 0.25) is 0 Å². The van der Waals surface area contributed by atoms with Crippen molar-refractivity contribution in [2.24, 2.45) is 0 Å². The van der Waals surface area contributed by atoms with Crippen molar-refractivity contribution in [2.45, 2.75) is 6.61 Å². The molecule has 3 heterocycles. The molecule has 0 saturated heterocycles. The Bertz CT molecular complexity index is 3020. The summed E-state index contributed by atoms with van der Waals surface area (Å²) < 4.78 is 11.1. The van der Waals surface area contributed by atoms with Gasteiger partial charge in [-0.2, -0.15) is 0 Å². The fourth-order valence-corrected chi connectivity index (χ4v) is 14.6. The highest BCUT2D eigenvalue weighted by atomic mass is 32.1. The van der Waals surface area contributed by atoms with Crippen molar-refractivity contribution in [3.63, 3.8) is 0 Å². The molecule has 0 radical (unpaired) electrons. The fraction of sp³-hybridized carbons (Fsp3) is 0.0200. The summed E-state index contributed by atoms with van der Waals surface area (Å²) >= 11 is 1.86. The number of imidazole rings is 1. The van der Waals surface area contributed by atoms with Crippen LogP contribution in [-0.4, -0.2) is 17.6 Å². The van der Waals surface area contributed by atoms with Gasteiger partial charge in [0.25, 0.3) is 0 Å². The van der Waals surface area contributed by atoms with E-state index in [1.165, 1.54) is 57.6 Å². The molecule has 0 N–H and O–H groups in total. The third-order valence-electron chi connectivity index (χ3n) is 11.2. The first-order chi connectivity index (χ1) is 27.2. The van der Waals surface area contributed by atoms with Crippen molar-refractivity contribution in [3.8, 4) is 33.7 Å². The molecule has 11 rings (SSSR count). The number of fused-ring (bicyclic) bond motifs is 8. The van der Waals surface area contributed by atoms with Crippen LogP contribution in [0.1, 0.15) is 5.82 Å². The summed E-state index contributed by atoms with van der Waals surface area (Å²) in [5.74, 6) is 1.80. The summed E-state index contributed by atoms with van der Waals surface area (Å²) in [6.45, 7) is 0.454. The highest BCUT2D eigenvalue weighted by molar-refractivity contribution is 7.25. The average molecular weight is 739 g/mol. The molecule has 0 amide bonds. The van der Waals surface area contributed by atoms with Crippen LogP contribution in [0.4, 0.5) is 0 Å². The van der Waals surface area contributed by atoms with Crippen LogP contribution in [-0.2, 0) is 6.61 Å². The highest BCUT2D eigenvalue weighted by Crippen LogP contribution is 2.38. The summed E-state index contributed by atoms with van der Waals surface area (Å²) in [5, 5.41) is 8.02. The Morgan fingerprint density at radius 3 is 1.80 bits per heavy atom. The summed E-state index contributed by atoms with van der Waals surface area (Å²) in [6, 6.07) is 71.7. The average Bonchev–Trinajstić information content (AvgIpc) is 3.83. The molecule has 0 atom stereocenters. The molecule has 10 aromatic rings. The lowest BCUT2D eigenvalue weighted by atomic mass is 10.0. The third kappa shape index (κ3) is 5.12. The minimum atomic E-state index is -2.86. The Kier molecular flexibility index (Phi) is 7.44. The highest BCUT2D eigenvalue weighted by Gasteiger charge is 2.41. The number of aromatic nitrogens is 2. The van der Waals surface area contributed by atoms with E-state index in [4.69, 9.17) is 9.72 Å². The van der Waals surface area contributed by atoms with E-state index in [0.29, 0.717) is 6.61 Å². The zero-order chi connectivity index (χ0) is 36.3. The lowest BCUT2D eigenvalue weighted by Gasteiger charge is -2.35. The van der Waals surface area contributed by atoms with Crippen LogP contribution in [0.2, 0.25) is 0 Å². The van der Waals surface area contributed by atoms with Crippen molar-refractivity contribution in [3.05, 3.63) is 200 Å². The predicted molar refractivity (Wildman–Crippen MR) is 233 cm³/mol. The number of ether oxygens (including phenoxy) is 1. The molecule has 0 aliphatic carbocycles. The SMILES string of the molecule is c1ccc([Si](c2ccccc2)(c2cccc(-c3ccc4c(c3)-n3c(nc5ccccc53)CO4)c2)c2cccc(-c3ccc4sc5ccccc5c4c3)c2)cc1. The topological polar surface area (TPSA) is 27.1 Å². The molecule has 2 aromatic heterocycles. The summed E-state index contributed by atoms with van der Waals surface area (Å²) in [4.78, 5) is 4.90. The van der Waals surface area contributed by atoms with Crippen LogP contribution in [0, 0.1) is 0 Å². The molecule has 260 valence electrons. The van der Waals surface area contributed by atoms with Gasteiger partial charge >= 0.3 is 0 Å². The lowest BCUT2D eigenvalue weighted by Crippen LogP contribution is -2.74. The van der Waals surface area contributed by atoms with E-state index in [9.17, 15) is 0 Å². The van der Waals surface area contributed by atoms with Crippen molar-refractivity contribution in [1.82, 2.24) is 9.55 Å². The van der Waals surface area contributed by atoms with E-state index in [0.717, 1.165) is 33.9 Å². The first kappa shape index (κ1) is 31.9. The third-order valence-corrected chi connectivity index (χ3v) is 17.1. The van der Waals surface area contributed by atoms with E-state index in [1.807, 2.05) is 17.4 Å². The van der Waals surface area contributed by atoms with Gasteiger partial charge in [0.05, 0.1) is 16.7 Å². The summed E-state index contributed by atoms with van der Waals surface area (Å²) in [7, 11) is -2.86. The second kappa shape index (κ2) is 12.8. The normalized spacial score (nSPS) is 12.4. The second-order valence-corrected chi connectivity index (χ2v) is 19.2. The van der Waals surface area contributed by atoms with Gasteiger partial charge in [-0.05, 0) is 85.5 Å². The minimum Gasteiger partial charge on any atom is -0.483 e. The zero-order valence-corrected chi connectivity index (χ0v) is 31.7. The predicted octanol–water partition coefficient (Wildman–Crippen LogP) is 10.00. The van der Waals surface area contributed by atoms with Crippen molar-refractivity contribution in [1.29, 1.82) is 0 Å². The Balaban J connectivity index is 1.11. The summed E-state index contributed by atoms with van der Waals surface area (Å²) in [5.41, 5.74) is 7.88. The number of hydrogen-bond donors (Lipinski definition) is 0. The smallest absolute Gasteiger partial charge is 0.179 e. The van der Waals surface area contributed by atoms with E-state index in [-0.39, 0.29) is 0 Å². The largest absolute Gasteiger partial charge is 0.483 e. The van der Waals surface area contributed by atoms with Crippen LogP contribution < -0.4 is 25.5 Å². The number of thiophene rings is 1. The first-order valence-corrected chi connectivity index (χ1v) is 21.5. The molecule has 8 aromatic carbocycles. The Morgan fingerprint density at radius 1 is 0.473 bits per heavy atom. The molecule has 1 aliphatic rings. The second-order valence-electron chi connectivity index (χ2n) is 14.3. The van der Waals surface area contributed by atoms with Gasteiger partial charge in [-0.15, -0.1) is 11.3 Å². The Hall–Kier alpha value is -6.53. The van der Waals surface area contributed by atoms with Crippen molar-refractivity contribution >= 4 is 71.4 Å². The van der Waals surface area contributed by atoms with Gasteiger partial charge in [-0.25, -0.2) is 4.98 Å². The number of nitrogens with zero attached hydrogens (tertiary/aromatic N) is 2. The van der Waals surface area contributed by atoms with Crippen molar-refractivity contribution < 1.29 is 4.74 Å². The van der Waals surface area contributed by atoms with Crippen LogP contribution >= 0.6 is 11.3 Å². The molecule has 1 aliphatic heterocycles. The maximum absolute atomic E-state index is 6.23. The molecular formula is C50H34N2OSSi. The van der Waals surface area contributed by atoms with Gasteiger partial charge in [0.1, 0.15) is 12.4 Å². The van der Waals surface area contributed by atoms with Gasteiger partial charge in [-0.3, -0.25) is 4.57 Å². The fourth-order valence-electron chi connectivity index (χ4n) is 8.72. The maximum atomic E-state index is 6.23. The maximum Gasteiger partial charge on any atom is 0.179 e. The Labute approximate surface area is 324 Å². The van der Waals surface area contributed by atoms with Gasteiger partial charge in [0.15, 0.2) is 13.9 Å². The van der Waals surface area contributed by atoms with Gasteiger partial charge in [0, 0.05) is 20.2 Å². The quantitative estimate of drug-likeness (QED) is 0.126. The lowest BCUT2D eigenvalue weighted by molar-refractivity contribution is 0.281. The first-order valence-electron chi connectivity index (χ1n) is 18.7. The number of para-hydroxylation sites is 2.